The molecule has 0 aliphatic heterocycles. The van der Waals surface area contributed by atoms with Crippen molar-refractivity contribution in [1.29, 1.82) is 0 Å². The molecule has 1 aromatic rings. The molecule has 0 amide bonds. The molecule has 0 saturated heterocycles. The zero-order chi connectivity index (χ0) is 13.0. The summed E-state index contributed by atoms with van der Waals surface area (Å²) < 4.78 is 2.01. The van der Waals surface area contributed by atoms with E-state index in [4.69, 9.17) is 5.11 Å². The van der Waals surface area contributed by atoms with E-state index >= 15 is 0 Å². The molecule has 0 spiro atoms. The SMILES string of the molecule is CCn1ccnc1NC1(CC(=O)O)CCCCC1. The second kappa shape index (κ2) is 5.42. The molecule has 0 unspecified atom stereocenters. The lowest BCUT2D eigenvalue weighted by Crippen LogP contribution is -2.43. The van der Waals surface area contributed by atoms with Gasteiger partial charge in [0.15, 0.2) is 0 Å². The van der Waals surface area contributed by atoms with Crippen LogP contribution in [0.4, 0.5) is 5.95 Å². The number of aryl methyl sites for hydroxylation is 1. The van der Waals surface area contributed by atoms with E-state index in [0.29, 0.717) is 0 Å². The maximum atomic E-state index is 11.1. The number of aliphatic carboxylic acids is 1. The first-order valence-electron chi connectivity index (χ1n) is 6.66. The van der Waals surface area contributed by atoms with Gasteiger partial charge in [0.25, 0.3) is 0 Å². The van der Waals surface area contributed by atoms with Gasteiger partial charge in [-0.05, 0) is 19.8 Å². The molecule has 18 heavy (non-hydrogen) atoms. The van der Waals surface area contributed by atoms with Crippen LogP contribution < -0.4 is 5.32 Å². The lowest BCUT2D eigenvalue weighted by atomic mass is 9.79. The van der Waals surface area contributed by atoms with Crippen molar-refractivity contribution in [2.75, 3.05) is 5.32 Å². The Balaban J connectivity index is 2.16. The Morgan fingerprint density at radius 2 is 2.22 bits per heavy atom. The van der Waals surface area contributed by atoms with Gasteiger partial charge in [0.1, 0.15) is 0 Å². The van der Waals surface area contributed by atoms with E-state index in [1.165, 1.54) is 6.42 Å². The third-order valence-corrected chi connectivity index (χ3v) is 3.73. The highest BCUT2D eigenvalue weighted by Gasteiger charge is 2.35. The summed E-state index contributed by atoms with van der Waals surface area (Å²) in [5.41, 5.74) is -0.317. The van der Waals surface area contributed by atoms with Gasteiger partial charge in [-0.15, -0.1) is 0 Å². The second-order valence-corrected chi connectivity index (χ2v) is 5.07. The molecule has 5 nitrogen and oxygen atoms in total. The number of carboxylic acids is 1. The first-order chi connectivity index (χ1) is 8.65. The topological polar surface area (TPSA) is 67.2 Å². The van der Waals surface area contributed by atoms with Crippen LogP contribution in [0.3, 0.4) is 0 Å². The fourth-order valence-electron chi connectivity index (χ4n) is 2.79. The summed E-state index contributed by atoms with van der Waals surface area (Å²) in [6.07, 6.45) is 9.05. The van der Waals surface area contributed by atoms with Crippen LogP contribution in [0.25, 0.3) is 0 Å². The Hall–Kier alpha value is -1.52. The minimum atomic E-state index is -0.737. The maximum absolute atomic E-state index is 11.1. The Morgan fingerprint density at radius 3 is 2.83 bits per heavy atom. The molecule has 2 rings (SSSR count). The molecular weight excluding hydrogens is 230 g/mol. The summed E-state index contributed by atoms with van der Waals surface area (Å²) in [7, 11) is 0. The number of hydrogen-bond donors (Lipinski definition) is 2. The molecule has 1 heterocycles. The molecule has 1 saturated carbocycles. The summed E-state index contributed by atoms with van der Waals surface area (Å²) in [6.45, 7) is 2.89. The van der Waals surface area contributed by atoms with E-state index in [9.17, 15) is 4.79 Å². The van der Waals surface area contributed by atoms with Crippen molar-refractivity contribution in [3.63, 3.8) is 0 Å². The van der Waals surface area contributed by atoms with Gasteiger partial charge in [0.05, 0.1) is 12.0 Å². The fourth-order valence-corrected chi connectivity index (χ4v) is 2.79. The number of imidazole rings is 1. The predicted molar refractivity (Wildman–Crippen MR) is 69.6 cm³/mol. The zero-order valence-electron chi connectivity index (χ0n) is 10.9. The van der Waals surface area contributed by atoms with E-state index in [1.807, 2.05) is 10.8 Å². The minimum absolute atomic E-state index is 0.170. The van der Waals surface area contributed by atoms with E-state index in [2.05, 4.69) is 17.2 Å². The predicted octanol–water partition coefficient (Wildman–Crippen LogP) is 2.49. The molecule has 0 radical (unpaired) electrons. The highest BCUT2D eigenvalue weighted by molar-refractivity contribution is 5.69. The Kier molecular flexibility index (Phi) is 3.89. The monoisotopic (exact) mass is 251 g/mol. The number of carbonyl (C=O) groups is 1. The Morgan fingerprint density at radius 1 is 1.50 bits per heavy atom. The number of aromatic nitrogens is 2. The molecule has 1 aromatic heterocycles. The van der Waals surface area contributed by atoms with Crippen LogP contribution >= 0.6 is 0 Å². The van der Waals surface area contributed by atoms with Crippen LogP contribution in [0.2, 0.25) is 0 Å². The first-order valence-corrected chi connectivity index (χ1v) is 6.66. The number of nitrogens with zero attached hydrogens (tertiary/aromatic N) is 2. The molecule has 1 aliphatic rings. The highest BCUT2D eigenvalue weighted by atomic mass is 16.4. The summed E-state index contributed by atoms with van der Waals surface area (Å²) >= 11 is 0. The van der Waals surface area contributed by atoms with Crippen LogP contribution in [0.15, 0.2) is 12.4 Å². The minimum Gasteiger partial charge on any atom is -0.481 e. The van der Waals surface area contributed by atoms with Crippen molar-refractivity contribution in [2.45, 2.75) is 57.5 Å². The van der Waals surface area contributed by atoms with Gasteiger partial charge in [0, 0.05) is 18.9 Å². The molecule has 100 valence electrons. The summed E-state index contributed by atoms with van der Waals surface area (Å²) in [6, 6.07) is 0. The van der Waals surface area contributed by atoms with E-state index in [-0.39, 0.29) is 12.0 Å². The standard InChI is InChI=1S/C13H21N3O2/c1-2-16-9-8-14-12(16)15-13(10-11(17)18)6-4-3-5-7-13/h8-9H,2-7,10H2,1H3,(H,14,15)(H,17,18). The fraction of sp³-hybridized carbons (Fsp3) is 0.692. The number of rotatable bonds is 5. The van der Waals surface area contributed by atoms with E-state index < -0.39 is 5.97 Å². The molecule has 0 atom stereocenters. The van der Waals surface area contributed by atoms with Crippen molar-refractivity contribution in [3.8, 4) is 0 Å². The molecule has 2 N–H and O–H groups in total. The molecule has 1 aliphatic carbocycles. The van der Waals surface area contributed by atoms with Crippen LogP contribution in [0, 0.1) is 0 Å². The van der Waals surface area contributed by atoms with Crippen molar-refractivity contribution < 1.29 is 9.90 Å². The van der Waals surface area contributed by atoms with Gasteiger partial charge in [0.2, 0.25) is 5.95 Å². The smallest absolute Gasteiger partial charge is 0.305 e. The molecular formula is C13H21N3O2. The molecule has 5 heteroatoms. The van der Waals surface area contributed by atoms with E-state index in [1.54, 1.807) is 6.20 Å². The normalized spacial score (nSPS) is 18.5. The summed E-state index contributed by atoms with van der Waals surface area (Å²) in [5.74, 6) is 0.0552. The molecule has 1 fully saturated rings. The second-order valence-electron chi connectivity index (χ2n) is 5.07. The van der Waals surface area contributed by atoms with Gasteiger partial charge in [-0.1, -0.05) is 19.3 Å². The summed E-state index contributed by atoms with van der Waals surface area (Å²) in [5, 5.41) is 12.5. The third-order valence-electron chi connectivity index (χ3n) is 3.73. The number of hydrogen-bond acceptors (Lipinski definition) is 3. The van der Waals surface area contributed by atoms with Crippen LogP contribution in [-0.4, -0.2) is 26.2 Å². The van der Waals surface area contributed by atoms with Crippen LogP contribution in [0.1, 0.15) is 45.4 Å². The van der Waals surface area contributed by atoms with Gasteiger partial charge < -0.3 is 15.0 Å². The van der Waals surface area contributed by atoms with Crippen LogP contribution in [0.5, 0.6) is 0 Å². The maximum Gasteiger partial charge on any atom is 0.305 e. The third kappa shape index (κ3) is 2.83. The number of carboxylic acid groups (broad SMARTS) is 1. The average molecular weight is 251 g/mol. The van der Waals surface area contributed by atoms with Gasteiger partial charge in [-0.3, -0.25) is 4.79 Å². The zero-order valence-corrected chi connectivity index (χ0v) is 10.9. The van der Waals surface area contributed by atoms with Gasteiger partial charge >= 0.3 is 5.97 Å². The number of anilines is 1. The lowest BCUT2D eigenvalue weighted by molar-refractivity contribution is -0.138. The van der Waals surface area contributed by atoms with Crippen molar-refractivity contribution in [3.05, 3.63) is 12.4 Å². The molecule has 0 aromatic carbocycles. The van der Waals surface area contributed by atoms with Crippen molar-refractivity contribution >= 4 is 11.9 Å². The highest BCUT2D eigenvalue weighted by Crippen LogP contribution is 2.34. The van der Waals surface area contributed by atoms with Crippen molar-refractivity contribution in [2.24, 2.45) is 0 Å². The summed E-state index contributed by atoms with van der Waals surface area (Å²) in [4.78, 5) is 15.4. The average Bonchev–Trinajstić information content (AvgIpc) is 2.76. The first kappa shape index (κ1) is 12.9. The largest absolute Gasteiger partial charge is 0.481 e. The molecule has 0 bridgehead atoms. The van der Waals surface area contributed by atoms with E-state index in [0.717, 1.165) is 38.2 Å². The van der Waals surface area contributed by atoms with Crippen LogP contribution in [-0.2, 0) is 11.3 Å². The lowest BCUT2D eigenvalue weighted by Gasteiger charge is -2.37. The number of nitrogens with one attached hydrogen (secondary N) is 1. The Labute approximate surface area is 107 Å². The van der Waals surface area contributed by atoms with Gasteiger partial charge in [-0.25, -0.2) is 4.98 Å². The van der Waals surface area contributed by atoms with Crippen molar-refractivity contribution in [1.82, 2.24) is 9.55 Å². The van der Waals surface area contributed by atoms with Gasteiger partial charge in [-0.2, -0.15) is 0 Å². The quantitative estimate of drug-likeness (QED) is 0.843. The Bertz CT molecular complexity index is 408.